The van der Waals surface area contributed by atoms with Crippen LogP contribution in [0.2, 0.25) is 0 Å². The summed E-state index contributed by atoms with van der Waals surface area (Å²) in [5, 5.41) is 15.8. The number of carbonyl (C=O) groups is 1. The molecule has 0 bridgehead atoms. The number of carboxylic acid groups (broad SMARTS) is 1. The Balaban J connectivity index is 2.07. The molecule has 0 unspecified atom stereocenters. The molecule has 0 amide bonds. The van der Waals surface area contributed by atoms with Crippen LogP contribution in [0.3, 0.4) is 0 Å². The van der Waals surface area contributed by atoms with Gasteiger partial charge in [0.1, 0.15) is 6.04 Å². The van der Waals surface area contributed by atoms with E-state index < -0.39 is 12.0 Å². The lowest BCUT2D eigenvalue weighted by atomic mass is 9.98. The maximum Gasteiger partial charge on any atom is 0.326 e. The van der Waals surface area contributed by atoms with Crippen molar-refractivity contribution in [2.45, 2.75) is 32.7 Å². The van der Waals surface area contributed by atoms with E-state index in [2.05, 4.69) is 36.6 Å². The molecular formula is C16H24N2O2. The first-order valence-electron chi connectivity index (χ1n) is 7.35. The maximum absolute atomic E-state index is 11.5. The van der Waals surface area contributed by atoms with Gasteiger partial charge in [0.15, 0.2) is 0 Å². The van der Waals surface area contributed by atoms with Gasteiger partial charge in [0.25, 0.3) is 0 Å². The van der Waals surface area contributed by atoms with Crippen molar-refractivity contribution in [3.63, 3.8) is 0 Å². The Hall–Kier alpha value is -1.55. The van der Waals surface area contributed by atoms with Gasteiger partial charge in [0.05, 0.1) is 0 Å². The van der Waals surface area contributed by atoms with Crippen LogP contribution < -0.4 is 10.6 Å². The predicted octanol–water partition coefficient (Wildman–Crippen LogP) is 2.36. The quantitative estimate of drug-likeness (QED) is 0.746. The molecule has 1 aliphatic rings. The van der Waals surface area contributed by atoms with Crippen molar-refractivity contribution in [1.82, 2.24) is 5.32 Å². The van der Waals surface area contributed by atoms with Crippen LogP contribution in [0, 0.1) is 11.8 Å². The summed E-state index contributed by atoms with van der Waals surface area (Å²) in [6.07, 6.45) is 1.92. The number of nitrogens with one attached hydrogen (secondary N) is 2. The summed E-state index contributed by atoms with van der Waals surface area (Å²) in [4.78, 5) is 11.5. The summed E-state index contributed by atoms with van der Waals surface area (Å²) in [6.45, 7) is 6.05. The first kappa shape index (κ1) is 14.9. The zero-order valence-corrected chi connectivity index (χ0v) is 12.2. The minimum absolute atomic E-state index is 0.154. The third kappa shape index (κ3) is 3.97. The van der Waals surface area contributed by atoms with Crippen molar-refractivity contribution in [2.24, 2.45) is 11.8 Å². The lowest BCUT2D eigenvalue weighted by Crippen LogP contribution is -2.38. The van der Waals surface area contributed by atoms with E-state index in [1.54, 1.807) is 0 Å². The van der Waals surface area contributed by atoms with E-state index in [0.29, 0.717) is 5.92 Å². The van der Waals surface area contributed by atoms with Crippen LogP contribution in [0.5, 0.6) is 0 Å². The zero-order valence-electron chi connectivity index (χ0n) is 12.2. The summed E-state index contributed by atoms with van der Waals surface area (Å²) in [5.41, 5.74) is 2.15. The monoisotopic (exact) mass is 276 g/mol. The molecule has 0 radical (unpaired) electrons. The summed E-state index contributed by atoms with van der Waals surface area (Å²) in [6, 6.07) is 7.59. The lowest BCUT2D eigenvalue weighted by molar-refractivity contribution is -0.139. The first-order valence-corrected chi connectivity index (χ1v) is 7.35. The van der Waals surface area contributed by atoms with Crippen LogP contribution in [0.1, 0.15) is 25.8 Å². The molecule has 0 aromatic heterocycles. The van der Waals surface area contributed by atoms with Crippen molar-refractivity contribution in [3.8, 4) is 0 Å². The Morgan fingerprint density at radius 3 is 2.90 bits per heavy atom. The Labute approximate surface area is 120 Å². The second-order valence-corrected chi connectivity index (χ2v) is 6.01. The van der Waals surface area contributed by atoms with Crippen LogP contribution in [0.4, 0.5) is 5.69 Å². The van der Waals surface area contributed by atoms with Gasteiger partial charge in [-0.1, -0.05) is 26.0 Å². The first-order chi connectivity index (χ1) is 9.56. The van der Waals surface area contributed by atoms with Gasteiger partial charge in [-0.25, -0.2) is 4.79 Å². The zero-order chi connectivity index (χ0) is 14.5. The van der Waals surface area contributed by atoms with E-state index in [-0.39, 0.29) is 5.92 Å². The average Bonchev–Trinajstić information content (AvgIpc) is 2.88. The van der Waals surface area contributed by atoms with Gasteiger partial charge in [-0.15, -0.1) is 0 Å². The number of benzene rings is 1. The van der Waals surface area contributed by atoms with E-state index in [1.165, 1.54) is 5.56 Å². The highest BCUT2D eigenvalue weighted by Crippen LogP contribution is 2.20. The number of hydrogen-bond acceptors (Lipinski definition) is 3. The standard InChI is InChI=1S/C16H24N2O2/c1-11(2)8-12-4-3-5-14(9-12)18-15(16(19)20)13-6-7-17-10-13/h3-5,9,11,13,15,17-18H,6-8,10H2,1-2H3,(H,19,20)/t13-,15+/m1/s1. The highest BCUT2D eigenvalue weighted by Gasteiger charge is 2.30. The molecule has 4 nitrogen and oxygen atoms in total. The Kier molecular flexibility index (Phi) is 5.01. The van der Waals surface area contributed by atoms with Crippen LogP contribution >= 0.6 is 0 Å². The molecule has 1 heterocycles. The van der Waals surface area contributed by atoms with E-state index in [9.17, 15) is 9.90 Å². The largest absolute Gasteiger partial charge is 0.480 e. The third-order valence-corrected chi connectivity index (χ3v) is 3.73. The van der Waals surface area contributed by atoms with Crippen molar-refractivity contribution in [3.05, 3.63) is 29.8 Å². The molecule has 110 valence electrons. The predicted molar refractivity (Wildman–Crippen MR) is 81.0 cm³/mol. The van der Waals surface area contributed by atoms with Crippen molar-refractivity contribution in [1.29, 1.82) is 0 Å². The number of carboxylic acids is 1. The van der Waals surface area contributed by atoms with Gasteiger partial charge in [0, 0.05) is 18.2 Å². The van der Waals surface area contributed by atoms with Crippen molar-refractivity contribution < 1.29 is 9.90 Å². The van der Waals surface area contributed by atoms with Crippen LogP contribution in [-0.2, 0) is 11.2 Å². The molecule has 4 heteroatoms. The molecule has 1 fully saturated rings. The fourth-order valence-corrected chi connectivity index (χ4v) is 2.78. The Morgan fingerprint density at radius 1 is 1.50 bits per heavy atom. The second kappa shape index (κ2) is 6.75. The minimum atomic E-state index is -0.770. The summed E-state index contributed by atoms with van der Waals surface area (Å²) in [5.74, 6) is -0.0197. The van der Waals surface area contributed by atoms with Crippen molar-refractivity contribution >= 4 is 11.7 Å². The van der Waals surface area contributed by atoms with Gasteiger partial charge in [0.2, 0.25) is 0 Å². The molecule has 0 aliphatic carbocycles. The molecule has 0 spiro atoms. The van der Waals surface area contributed by atoms with E-state index >= 15 is 0 Å². The lowest BCUT2D eigenvalue weighted by Gasteiger charge is -2.21. The highest BCUT2D eigenvalue weighted by molar-refractivity contribution is 5.78. The second-order valence-electron chi connectivity index (χ2n) is 6.01. The van der Waals surface area contributed by atoms with Crippen LogP contribution in [0.25, 0.3) is 0 Å². The minimum Gasteiger partial charge on any atom is -0.480 e. The molecule has 1 aromatic carbocycles. The SMILES string of the molecule is CC(C)Cc1cccc(N[C@H](C(=O)O)[C@@H]2CCNC2)c1. The Morgan fingerprint density at radius 2 is 2.30 bits per heavy atom. The topological polar surface area (TPSA) is 61.4 Å². The fourth-order valence-electron chi connectivity index (χ4n) is 2.78. The molecule has 1 saturated heterocycles. The third-order valence-electron chi connectivity index (χ3n) is 3.73. The fraction of sp³-hybridized carbons (Fsp3) is 0.562. The van der Waals surface area contributed by atoms with Crippen molar-refractivity contribution in [2.75, 3.05) is 18.4 Å². The molecule has 0 saturated carbocycles. The summed E-state index contributed by atoms with van der Waals surface area (Å²) in [7, 11) is 0. The molecule has 20 heavy (non-hydrogen) atoms. The maximum atomic E-state index is 11.5. The average molecular weight is 276 g/mol. The molecular weight excluding hydrogens is 252 g/mol. The van der Waals surface area contributed by atoms with E-state index in [4.69, 9.17) is 0 Å². The molecule has 1 aromatic rings. The van der Waals surface area contributed by atoms with Gasteiger partial charge in [-0.2, -0.15) is 0 Å². The van der Waals surface area contributed by atoms with Crippen LogP contribution in [-0.4, -0.2) is 30.2 Å². The summed E-state index contributed by atoms with van der Waals surface area (Å²) < 4.78 is 0. The van der Waals surface area contributed by atoms with Gasteiger partial charge in [-0.3, -0.25) is 0 Å². The highest BCUT2D eigenvalue weighted by atomic mass is 16.4. The number of aliphatic carboxylic acids is 1. The summed E-state index contributed by atoms with van der Waals surface area (Å²) >= 11 is 0. The molecule has 1 aliphatic heterocycles. The van der Waals surface area contributed by atoms with Gasteiger partial charge >= 0.3 is 5.97 Å². The smallest absolute Gasteiger partial charge is 0.326 e. The number of hydrogen-bond donors (Lipinski definition) is 3. The number of rotatable bonds is 6. The van der Waals surface area contributed by atoms with Crippen LogP contribution in [0.15, 0.2) is 24.3 Å². The van der Waals surface area contributed by atoms with Gasteiger partial charge < -0.3 is 15.7 Å². The molecule has 2 atom stereocenters. The Bertz CT molecular complexity index is 454. The van der Waals surface area contributed by atoms with Gasteiger partial charge in [-0.05, 0) is 43.0 Å². The van der Waals surface area contributed by atoms with E-state index in [1.807, 2.05) is 12.1 Å². The molecule has 2 rings (SSSR count). The normalized spacial score (nSPS) is 20.1. The molecule has 3 N–H and O–H groups in total. The van der Waals surface area contributed by atoms with E-state index in [0.717, 1.165) is 31.6 Å². The number of anilines is 1.